The maximum atomic E-state index is 11.6. The number of carbonyl (C=O) groups is 1. The zero-order chi connectivity index (χ0) is 12.3. The molecule has 4 nitrogen and oxygen atoms in total. The van der Waals surface area contributed by atoms with Crippen LogP contribution in [0.2, 0.25) is 0 Å². The molecule has 1 aromatic rings. The first kappa shape index (κ1) is 15.5. The van der Waals surface area contributed by atoms with Crippen LogP contribution in [0.4, 0.5) is 5.69 Å². The summed E-state index contributed by atoms with van der Waals surface area (Å²) in [4.78, 5) is 18.3. The largest absolute Gasteiger partial charge is 0.356 e. The van der Waals surface area contributed by atoms with Crippen molar-refractivity contribution in [1.29, 1.82) is 0 Å². The van der Waals surface area contributed by atoms with Crippen LogP contribution in [0, 0.1) is 0 Å². The number of nitrogens with zero attached hydrogens (tertiary/aromatic N) is 2. The number of Topliss-reactive ketones (excluding diaryl/α,β-unsaturated/α-hetero) is 1. The Balaban J connectivity index is 0.00000162. The number of anilines is 1. The third-order valence-corrected chi connectivity index (χ3v) is 4.07. The first-order chi connectivity index (χ1) is 8.20. The highest BCUT2D eigenvalue weighted by Crippen LogP contribution is 2.32. The summed E-state index contributed by atoms with van der Waals surface area (Å²) in [6, 6.07) is 3.80. The average molecular weight is 395 g/mol. The molecular weight excluding hydrogens is 382 g/mol. The highest BCUT2D eigenvalue weighted by molar-refractivity contribution is 9.09. The van der Waals surface area contributed by atoms with Crippen molar-refractivity contribution < 1.29 is 4.79 Å². The van der Waals surface area contributed by atoms with Gasteiger partial charge in [-0.1, -0.05) is 27.7 Å². The SMILES string of the molecule is Br.CN1C=C(C(=O)CBr)SC1Nc1ccncc1. The van der Waals surface area contributed by atoms with E-state index in [1.807, 2.05) is 30.3 Å². The van der Waals surface area contributed by atoms with Crippen molar-refractivity contribution in [2.45, 2.75) is 5.50 Å². The number of pyridine rings is 1. The summed E-state index contributed by atoms with van der Waals surface area (Å²) in [5.74, 6) is 0.112. The Labute approximate surface area is 129 Å². The van der Waals surface area contributed by atoms with Gasteiger partial charge in [0.1, 0.15) is 0 Å². The molecule has 2 rings (SSSR count). The molecule has 1 aliphatic rings. The van der Waals surface area contributed by atoms with Gasteiger partial charge in [-0.2, -0.15) is 0 Å². The first-order valence-corrected chi connectivity index (χ1v) is 7.07. The number of carbonyl (C=O) groups excluding carboxylic acids is 1. The van der Waals surface area contributed by atoms with E-state index in [4.69, 9.17) is 0 Å². The molecule has 1 N–H and O–H groups in total. The lowest BCUT2D eigenvalue weighted by Gasteiger charge is -2.21. The summed E-state index contributed by atoms with van der Waals surface area (Å²) in [5, 5.41) is 3.69. The maximum Gasteiger partial charge on any atom is 0.181 e. The van der Waals surface area contributed by atoms with E-state index in [9.17, 15) is 4.79 Å². The van der Waals surface area contributed by atoms with E-state index in [0.717, 1.165) is 10.6 Å². The lowest BCUT2D eigenvalue weighted by molar-refractivity contribution is -0.112. The van der Waals surface area contributed by atoms with Gasteiger partial charge in [-0.25, -0.2) is 0 Å². The molecule has 0 saturated carbocycles. The molecule has 0 aliphatic carbocycles. The predicted molar refractivity (Wildman–Crippen MR) is 84.2 cm³/mol. The highest BCUT2D eigenvalue weighted by atomic mass is 79.9. The number of nitrogens with one attached hydrogen (secondary N) is 1. The Morgan fingerprint density at radius 3 is 2.83 bits per heavy atom. The molecule has 1 atom stereocenters. The van der Waals surface area contributed by atoms with Crippen LogP contribution in [0.3, 0.4) is 0 Å². The molecule has 0 radical (unpaired) electrons. The molecule has 0 aromatic carbocycles. The van der Waals surface area contributed by atoms with E-state index in [0.29, 0.717) is 5.33 Å². The molecule has 2 heterocycles. The van der Waals surface area contributed by atoms with Crippen molar-refractivity contribution in [2.24, 2.45) is 0 Å². The second-order valence-electron chi connectivity index (χ2n) is 3.57. The predicted octanol–water partition coefficient (Wildman–Crippen LogP) is 2.84. The van der Waals surface area contributed by atoms with Crippen molar-refractivity contribution in [3.63, 3.8) is 0 Å². The Morgan fingerprint density at radius 1 is 1.56 bits per heavy atom. The standard InChI is InChI=1S/C11H12BrN3OS.BrH/c1-15-7-10(9(16)6-12)17-11(15)14-8-2-4-13-5-3-8;/h2-5,7,11H,6H2,1H3,(H,13,14);1H. The van der Waals surface area contributed by atoms with Crippen LogP contribution in [0.5, 0.6) is 0 Å². The maximum absolute atomic E-state index is 11.6. The summed E-state index contributed by atoms with van der Waals surface area (Å²) in [5.41, 5.74) is 1.04. The lowest BCUT2D eigenvalue weighted by atomic mass is 10.4. The van der Waals surface area contributed by atoms with Gasteiger partial charge in [0.05, 0.1) is 10.2 Å². The number of alkyl halides is 1. The van der Waals surface area contributed by atoms with Crippen LogP contribution < -0.4 is 5.32 Å². The summed E-state index contributed by atoms with van der Waals surface area (Å²) < 4.78 is 0. The van der Waals surface area contributed by atoms with Gasteiger partial charge < -0.3 is 10.2 Å². The van der Waals surface area contributed by atoms with Gasteiger partial charge >= 0.3 is 0 Å². The molecule has 0 spiro atoms. The minimum atomic E-state index is 0. The van der Waals surface area contributed by atoms with Crippen molar-refractivity contribution >= 4 is 56.1 Å². The van der Waals surface area contributed by atoms with E-state index < -0.39 is 0 Å². The molecule has 1 unspecified atom stereocenters. The Morgan fingerprint density at radius 2 is 2.22 bits per heavy atom. The smallest absolute Gasteiger partial charge is 0.181 e. The third kappa shape index (κ3) is 3.73. The molecule has 0 bridgehead atoms. The minimum absolute atomic E-state index is 0. The van der Waals surface area contributed by atoms with E-state index in [2.05, 4.69) is 26.2 Å². The average Bonchev–Trinajstić information content (AvgIpc) is 2.71. The number of hydrogen-bond donors (Lipinski definition) is 1. The van der Waals surface area contributed by atoms with Crippen LogP contribution in [-0.2, 0) is 4.79 Å². The zero-order valence-corrected chi connectivity index (χ0v) is 13.8. The van der Waals surface area contributed by atoms with E-state index in [1.165, 1.54) is 11.8 Å². The van der Waals surface area contributed by atoms with Gasteiger partial charge in [-0.3, -0.25) is 9.78 Å². The van der Waals surface area contributed by atoms with Crippen molar-refractivity contribution in [2.75, 3.05) is 17.7 Å². The zero-order valence-electron chi connectivity index (χ0n) is 9.67. The normalized spacial score (nSPS) is 18.0. The second kappa shape index (κ2) is 7.16. The van der Waals surface area contributed by atoms with E-state index >= 15 is 0 Å². The molecule has 0 fully saturated rings. The fourth-order valence-corrected chi connectivity index (χ4v) is 2.99. The van der Waals surface area contributed by atoms with Crippen LogP contribution in [0.1, 0.15) is 0 Å². The molecular formula is C11H13Br2N3OS. The number of rotatable bonds is 4. The number of aromatic nitrogens is 1. The van der Waals surface area contributed by atoms with Crippen LogP contribution in [0.25, 0.3) is 0 Å². The van der Waals surface area contributed by atoms with Crippen molar-refractivity contribution in [3.8, 4) is 0 Å². The van der Waals surface area contributed by atoms with Gasteiger partial charge in [0.25, 0.3) is 0 Å². The fourth-order valence-electron chi connectivity index (χ4n) is 1.41. The van der Waals surface area contributed by atoms with E-state index in [1.54, 1.807) is 12.4 Å². The summed E-state index contributed by atoms with van der Waals surface area (Å²) in [7, 11) is 1.94. The van der Waals surface area contributed by atoms with Crippen molar-refractivity contribution in [1.82, 2.24) is 9.88 Å². The molecule has 98 valence electrons. The summed E-state index contributed by atoms with van der Waals surface area (Å²) in [6.45, 7) is 0. The van der Waals surface area contributed by atoms with Gasteiger partial charge in [0.2, 0.25) is 0 Å². The number of ketones is 1. The Bertz CT molecular complexity index is 441. The molecule has 1 aromatic heterocycles. The Kier molecular flexibility index (Phi) is 6.17. The number of allylic oxidation sites excluding steroid dienone is 1. The molecule has 7 heteroatoms. The quantitative estimate of drug-likeness (QED) is 0.795. The summed E-state index contributed by atoms with van der Waals surface area (Å²) in [6.07, 6.45) is 5.34. The van der Waals surface area contributed by atoms with Gasteiger partial charge in [-0.05, 0) is 12.1 Å². The summed E-state index contributed by atoms with van der Waals surface area (Å²) >= 11 is 4.70. The fraction of sp³-hybridized carbons (Fsp3) is 0.273. The topological polar surface area (TPSA) is 45.2 Å². The number of hydrogen-bond acceptors (Lipinski definition) is 5. The van der Waals surface area contributed by atoms with Crippen LogP contribution in [0.15, 0.2) is 35.6 Å². The van der Waals surface area contributed by atoms with Gasteiger partial charge in [0.15, 0.2) is 11.3 Å². The molecule has 0 saturated heterocycles. The monoisotopic (exact) mass is 393 g/mol. The minimum Gasteiger partial charge on any atom is -0.356 e. The molecule has 1 aliphatic heterocycles. The molecule has 0 amide bonds. The van der Waals surface area contributed by atoms with Gasteiger partial charge in [-0.15, -0.1) is 17.0 Å². The lowest BCUT2D eigenvalue weighted by Crippen LogP contribution is -2.27. The first-order valence-electron chi connectivity index (χ1n) is 5.07. The van der Waals surface area contributed by atoms with Crippen molar-refractivity contribution in [3.05, 3.63) is 35.6 Å². The van der Waals surface area contributed by atoms with Gasteiger partial charge in [0, 0.05) is 31.3 Å². The van der Waals surface area contributed by atoms with Crippen LogP contribution in [-0.4, -0.2) is 33.5 Å². The highest BCUT2D eigenvalue weighted by Gasteiger charge is 2.25. The Hall–Kier alpha value is -0.530. The molecule has 18 heavy (non-hydrogen) atoms. The van der Waals surface area contributed by atoms with E-state index in [-0.39, 0.29) is 28.3 Å². The second-order valence-corrected chi connectivity index (χ2v) is 5.25. The number of halogens is 2. The third-order valence-electron chi connectivity index (χ3n) is 2.30. The van der Waals surface area contributed by atoms with Crippen LogP contribution >= 0.6 is 44.7 Å². The number of thioether (sulfide) groups is 1.